The summed E-state index contributed by atoms with van der Waals surface area (Å²) >= 11 is 0. The van der Waals surface area contributed by atoms with Gasteiger partial charge in [0.1, 0.15) is 11.6 Å². The van der Waals surface area contributed by atoms with Crippen LogP contribution in [-0.2, 0) is 4.79 Å². The van der Waals surface area contributed by atoms with Crippen LogP contribution in [0.5, 0.6) is 11.5 Å². The van der Waals surface area contributed by atoms with Crippen molar-refractivity contribution >= 4 is 12.0 Å². The number of rotatable bonds is 7. The van der Waals surface area contributed by atoms with Gasteiger partial charge in [0.15, 0.2) is 11.5 Å². The van der Waals surface area contributed by atoms with Crippen molar-refractivity contribution in [2.45, 2.75) is 52.2 Å². The Hall–Kier alpha value is -2.62. The molecule has 0 spiro atoms. The molecule has 1 aliphatic carbocycles. The zero-order valence-corrected chi connectivity index (χ0v) is 15.5. The largest absolute Gasteiger partial charge is 0.490 e. The fourth-order valence-electron chi connectivity index (χ4n) is 3.17. The van der Waals surface area contributed by atoms with Gasteiger partial charge in [-0.3, -0.25) is 4.79 Å². The summed E-state index contributed by atoms with van der Waals surface area (Å²) in [4.78, 5) is 12.5. The van der Waals surface area contributed by atoms with Crippen molar-refractivity contribution in [3.63, 3.8) is 0 Å². The molecule has 7 heteroatoms. The van der Waals surface area contributed by atoms with Gasteiger partial charge in [0, 0.05) is 6.04 Å². The lowest BCUT2D eigenvalue weighted by atomic mass is 9.86. The topological polar surface area (TPSA) is 71.3 Å². The molecule has 2 atom stereocenters. The van der Waals surface area contributed by atoms with Crippen LogP contribution in [0, 0.1) is 17.2 Å². The molecule has 5 nitrogen and oxygen atoms in total. The molecule has 0 unspecified atom stereocenters. The van der Waals surface area contributed by atoms with Crippen LogP contribution < -0.4 is 14.8 Å². The SMILES string of the molecule is CCOc1cc(/C=C(\C#N)C(=O)N[C@H]2CCCC[C@@H]2C)ccc1OC(F)F. The number of hydrogen-bond donors (Lipinski definition) is 1. The standard InChI is InChI=1S/C20H24F2N2O3/c1-3-26-18-11-14(8-9-17(18)27-20(21)22)10-15(12-23)19(25)24-16-7-5-4-6-13(16)2/h8-11,13,16,20H,3-7H2,1-2H3,(H,24,25)/b15-10+/t13-,16-/m0/s1. The molecular formula is C20H24F2N2O3. The number of benzene rings is 1. The van der Waals surface area contributed by atoms with E-state index in [-0.39, 0.29) is 29.7 Å². The fraction of sp³-hybridized carbons (Fsp3) is 0.500. The first-order valence-corrected chi connectivity index (χ1v) is 9.09. The maximum absolute atomic E-state index is 12.5. The number of carbonyl (C=O) groups excluding carboxylic acids is 1. The summed E-state index contributed by atoms with van der Waals surface area (Å²) in [6.07, 6.45) is 5.59. The van der Waals surface area contributed by atoms with E-state index in [0.717, 1.165) is 25.7 Å². The van der Waals surface area contributed by atoms with Crippen molar-refractivity contribution in [1.29, 1.82) is 5.26 Å². The summed E-state index contributed by atoms with van der Waals surface area (Å²) in [5, 5.41) is 12.3. The molecular weight excluding hydrogens is 354 g/mol. The van der Waals surface area contributed by atoms with E-state index in [0.29, 0.717) is 11.5 Å². The third kappa shape index (κ3) is 5.95. The second-order valence-electron chi connectivity index (χ2n) is 6.53. The number of ether oxygens (including phenoxy) is 2. The summed E-state index contributed by atoms with van der Waals surface area (Å²) in [5.41, 5.74) is 0.446. The smallest absolute Gasteiger partial charge is 0.387 e. The molecule has 0 radical (unpaired) electrons. The number of alkyl halides is 2. The molecule has 1 aromatic rings. The minimum absolute atomic E-state index is 0.0438. The van der Waals surface area contributed by atoms with E-state index < -0.39 is 12.5 Å². The number of nitriles is 1. The van der Waals surface area contributed by atoms with Gasteiger partial charge in [-0.15, -0.1) is 0 Å². The molecule has 0 bridgehead atoms. The van der Waals surface area contributed by atoms with Crippen LogP contribution in [0.4, 0.5) is 8.78 Å². The highest BCUT2D eigenvalue weighted by atomic mass is 19.3. The van der Waals surface area contributed by atoms with Crippen molar-refractivity contribution in [3.8, 4) is 17.6 Å². The average Bonchev–Trinajstić information content (AvgIpc) is 2.63. The molecule has 27 heavy (non-hydrogen) atoms. The molecule has 1 aliphatic rings. The molecule has 1 saturated carbocycles. The molecule has 2 rings (SSSR count). The van der Waals surface area contributed by atoms with Gasteiger partial charge in [0.25, 0.3) is 5.91 Å². The van der Waals surface area contributed by atoms with Crippen LogP contribution in [-0.4, -0.2) is 25.2 Å². The molecule has 0 heterocycles. The predicted molar refractivity (Wildman–Crippen MR) is 97.4 cm³/mol. The van der Waals surface area contributed by atoms with Crippen LogP contribution >= 0.6 is 0 Å². The van der Waals surface area contributed by atoms with Crippen LogP contribution in [0.15, 0.2) is 23.8 Å². The first-order valence-electron chi connectivity index (χ1n) is 9.09. The second-order valence-corrected chi connectivity index (χ2v) is 6.53. The molecule has 1 amide bonds. The van der Waals surface area contributed by atoms with Crippen LogP contribution in [0.2, 0.25) is 0 Å². The van der Waals surface area contributed by atoms with Gasteiger partial charge in [0.2, 0.25) is 0 Å². The van der Waals surface area contributed by atoms with E-state index in [2.05, 4.69) is 17.0 Å². The van der Waals surface area contributed by atoms with E-state index in [4.69, 9.17) is 4.74 Å². The Labute approximate surface area is 158 Å². The first kappa shape index (κ1) is 20.7. The maximum Gasteiger partial charge on any atom is 0.387 e. The number of nitrogens with zero attached hydrogens (tertiary/aromatic N) is 1. The second kappa shape index (κ2) is 9.91. The van der Waals surface area contributed by atoms with Gasteiger partial charge in [0.05, 0.1) is 6.61 Å². The maximum atomic E-state index is 12.5. The molecule has 0 aliphatic heterocycles. The molecule has 146 valence electrons. The highest BCUT2D eigenvalue weighted by molar-refractivity contribution is 6.01. The van der Waals surface area contributed by atoms with Gasteiger partial charge < -0.3 is 14.8 Å². The van der Waals surface area contributed by atoms with Gasteiger partial charge in [-0.25, -0.2) is 0 Å². The normalized spacial score (nSPS) is 20.1. The molecule has 0 aromatic heterocycles. The lowest BCUT2D eigenvalue weighted by molar-refractivity contribution is -0.118. The predicted octanol–water partition coefficient (Wildman–Crippen LogP) is 4.29. The van der Waals surface area contributed by atoms with Crippen molar-refractivity contribution in [1.82, 2.24) is 5.32 Å². The minimum Gasteiger partial charge on any atom is -0.490 e. The third-order valence-electron chi connectivity index (χ3n) is 4.59. The van der Waals surface area contributed by atoms with Crippen molar-refractivity contribution < 1.29 is 23.0 Å². The van der Waals surface area contributed by atoms with Gasteiger partial charge >= 0.3 is 6.61 Å². The van der Waals surface area contributed by atoms with E-state index in [9.17, 15) is 18.8 Å². The first-order chi connectivity index (χ1) is 12.9. The van der Waals surface area contributed by atoms with Crippen LogP contribution in [0.3, 0.4) is 0 Å². The minimum atomic E-state index is -2.97. The zero-order valence-electron chi connectivity index (χ0n) is 15.5. The van der Waals surface area contributed by atoms with E-state index in [1.54, 1.807) is 6.92 Å². The molecule has 0 saturated heterocycles. The van der Waals surface area contributed by atoms with E-state index in [1.165, 1.54) is 24.3 Å². The van der Waals surface area contributed by atoms with Gasteiger partial charge in [-0.2, -0.15) is 14.0 Å². The molecule has 1 N–H and O–H groups in total. The Bertz CT molecular complexity index is 728. The third-order valence-corrected chi connectivity index (χ3v) is 4.59. The number of hydrogen-bond acceptors (Lipinski definition) is 4. The summed E-state index contributed by atoms with van der Waals surface area (Å²) in [6, 6.07) is 6.26. The Morgan fingerprint density at radius 1 is 1.37 bits per heavy atom. The molecule has 1 aromatic carbocycles. The highest BCUT2D eigenvalue weighted by Crippen LogP contribution is 2.31. The Balaban J connectivity index is 2.19. The Morgan fingerprint density at radius 3 is 2.74 bits per heavy atom. The monoisotopic (exact) mass is 378 g/mol. The quantitative estimate of drug-likeness (QED) is 0.568. The summed E-state index contributed by atoms with van der Waals surface area (Å²) in [7, 11) is 0. The zero-order chi connectivity index (χ0) is 19.8. The van der Waals surface area contributed by atoms with E-state index >= 15 is 0 Å². The highest BCUT2D eigenvalue weighted by Gasteiger charge is 2.24. The number of amides is 1. The number of carbonyl (C=O) groups is 1. The lowest BCUT2D eigenvalue weighted by Crippen LogP contribution is -2.41. The van der Waals surface area contributed by atoms with Gasteiger partial charge in [-0.1, -0.05) is 25.8 Å². The van der Waals surface area contributed by atoms with Gasteiger partial charge in [-0.05, 0) is 49.5 Å². The summed E-state index contributed by atoms with van der Waals surface area (Å²) < 4.78 is 34.7. The summed E-state index contributed by atoms with van der Waals surface area (Å²) in [5.74, 6) is -0.0202. The number of nitrogens with one attached hydrogen (secondary N) is 1. The number of halogens is 2. The molecule has 1 fully saturated rings. The Kier molecular flexibility index (Phi) is 7.59. The van der Waals surface area contributed by atoms with Crippen molar-refractivity contribution in [3.05, 3.63) is 29.3 Å². The van der Waals surface area contributed by atoms with Crippen molar-refractivity contribution in [2.24, 2.45) is 5.92 Å². The Morgan fingerprint density at radius 2 is 2.11 bits per heavy atom. The fourth-order valence-corrected chi connectivity index (χ4v) is 3.17. The van der Waals surface area contributed by atoms with Crippen LogP contribution in [0.25, 0.3) is 6.08 Å². The van der Waals surface area contributed by atoms with Crippen molar-refractivity contribution in [2.75, 3.05) is 6.61 Å². The van der Waals surface area contributed by atoms with E-state index in [1.807, 2.05) is 6.07 Å². The lowest BCUT2D eigenvalue weighted by Gasteiger charge is -2.29. The summed E-state index contributed by atoms with van der Waals surface area (Å²) in [6.45, 7) is 1.10. The van der Waals surface area contributed by atoms with Crippen LogP contribution in [0.1, 0.15) is 45.1 Å². The average molecular weight is 378 g/mol.